The van der Waals surface area contributed by atoms with Gasteiger partial charge in [-0.1, -0.05) is 25.3 Å². The van der Waals surface area contributed by atoms with Gasteiger partial charge in [0.2, 0.25) is 5.91 Å². The Hall–Kier alpha value is -1.11. The number of amides is 2. The highest BCUT2D eigenvalue weighted by Crippen LogP contribution is 2.23. The highest BCUT2D eigenvalue weighted by Gasteiger charge is 2.21. The van der Waals surface area contributed by atoms with Gasteiger partial charge in [0.05, 0.1) is 0 Å². The standard InChI is InChI=1S/C15H19IN2O2/c1-10-7-8-12(9-13(10)16)15(20)18-17-14(19)11-5-3-2-4-6-11/h7-9,11H,2-6H2,1H3,(H,17,19)(H,18,20). The SMILES string of the molecule is Cc1ccc(C(=O)NNC(=O)C2CCCCC2)cc1I. The Morgan fingerprint density at radius 3 is 2.50 bits per heavy atom. The first-order chi connectivity index (χ1) is 9.58. The highest BCUT2D eigenvalue weighted by molar-refractivity contribution is 14.1. The third-order valence-electron chi connectivity index (χ3n) is 3.71. The minimum absolute atomic E-state index is 0.0437. The van der Waals surface area contributed by atoms with Gasteiger partial charge < -0.3 is 0 Å². The molecule has 0 radical (unpaired) electrons. The minimum Gasteiger partial charge on any atom is -0.273 e. The summed E-state index contributed by atoms with van der Waals surface area (Å²) in [5, 5.41) is 0. The molecule has 1 aliphatic rings. The van der Waals surface area contributed by atoms with Crippen LogP contribution in [0.1, 0.15) is 48.0 Å². The Morgan fingerprint density at radius 1 is 1.15 bits per heavy atom. The molecule has 0 bridgehead atoms. The molecule has 0 heterocycles. The van der Waals surface area contributed by atoms with Gasteiger partial charge >= 0.3 is 0 Å². The van der Waals surface area contributed by atoms with Gasteiger partial charge in [0.15, 0.2) is 0 Å². The van der Waals surface area contributed by atoms with Gasteiger partial charge in [-0.2, -0.15) is 0 Å². The fourth-order valence-corrected chi connectivity index (χ4v) is 2.91. The maximum Gasteiger partial charge on any atom is 0.269 e. The zero-order valence-corrected chi connectivity index (χ0v) is 13.7. The molecule has 0 saturated heterocycles. The molecule has 5 heteroatoms. The lowest BCUT2D eigenvalue weighted by Gasteiger charge is -2.20. The lowest BCUT2D eigenvalue weighted by molar-refractivity contribution is -0.126. The Balaban J connectivity index is 1.88. The molecule has 0 spiro atoms. The number of hydrogen-bond acceptors (Lipinski definition) is 2. The summed E-state index contributed by atoms with van der Waals surface area (Å²) >= 11 is 2.19. The maximum atomic E-state index is 12.0. The first-order valence-corrected chi connectivity index (χ1v) is 8.02. The Morgan fingerprint density at radius 2 is 1.85 bits per heavy atom. The van der Waals surface area contributed by atoms with Gasteiger partial charge in [0.25, 0.3) is 5.91 Å². The van der Waals surface area contributed by atoms with Crippen molar-refractivity contribution in [2.45, 2.75) is 39.0 Å². The van der Waals surface area contributed by atoms with Crippen molar-refractivity contribution in [3.8, 4) is 0 Å². The summed E-state index contributed by atoms with van der Waals surface area (Å²) in [7, 11) is 0. The molecular formula is C15H19IN2O2. The molecule has 0 unspecified atom stereocenters. The molecule has 1 aromatic carbocycles. The smallest absolute Gasteiger partial charge is 0.269 e. The van der Waals surface area contributed by atoms with Crippen LogP contribution >= 0.6 is 22.6 Å². The van der Waals surface area contributed by atoms with Crippen molar-refractivity contribution >= 4 is 34.4 Å². The van der Waals surface area contributed by atoms with Gasteiger partial charge in [-0.3, -0.25) is 20.4 Å². The van der Waals surface area contributed by atoms with Gasteiger partial charge in [-0.15, -0.1) is 0 Å². The molecule has 1 aliphatic carbocycles. The lowest BCUT2D eigenvalue weighted by Crippen LogP contribution is -2.45. The molecule has 2 N–H and O–H groups in total. The van der Waals surface area contributed by atoms with Crippen molar-refractivity contribution in [2.75, 3.05) is 0 Å². The first kappa shape index (κ1) is 15.3. The minimum atomic E-state index is -0.271. The van der Waals surface area contributed by atoms with E-state index in [1.165, 1.54) is 6.42 Å². The Kier molecular flexibility index (Phi) is 5.39. The number of aryl methyl sites for hydroxylation is 1. The number of nitrogens with one attached hydrogen (secondary N) is 2. The fourth-order valence-electron chi connectivity index (χ4n) is 2.39. The van der Waals surface area contributed by atoms with Crippen LogP contribution in [0.3, 0.4) is 0 Å². The van der Waals surface area contributed by atoms with E-state index in [1.807, 2.05) is 19.1 Å². The molecule has 2 amide bonds. The predicted molar refractivity (Wildman–Crippen MR) is 86.1 cm³/mol. The maximum absolute atomic E-state index is 12.0. The van der Waals surface area contributed by atoms with Crippen LogP contribution in [0.25, 0.3) is 0 Å². The van der Waals surface area contributed by atoms with Crippen molar-refractivity contribution in [2.24, 2.45) is 5.92 Å². The van der Waals surface area contributed by atoms with Crippen molar-refractivity contribution < 1.29 is 9.59 Å². The largest absolute Gasteiger partial charge is 0.273 e. The van der Waals surface area contributed by atoms with Gasteiger partial charge in [0.1, 0.15) is 0 Å². The van der Waals surface area contributed by atoms with Crippen LogP contribution in [-0.2, 0) is 4.79 Å². The van der Waals surface area contributed by atoms with Gasteiger partial charge in [-0.25, -0.2) is 0 Å². The number of rotatable bonds is 2. The molecule has 0 aromatic heterocycles. The molecule has 4 nitrogen and oxygen atoms in total. The summed E-state index contributed by atoms with van der Waals surface area (Å²) < 4.78 is 1.04. The number of hydrogen-bond donors (Lipinski definition) is 2. The topological polar surface area (TPSA) is 58.2 Å². The second-order valence-electron chi connectivity index (χ2n) is 5.24. The summed E-state index contributed by atoms with van der Waals surface area (Å²) in [6.07, 6.45) is 5.25. The number of carbonyl (C=O) groups is 2. The number of benzene rings is 1. The van der Waals surface area contributed by atoms with E-state index >= 15 is 0 Å². The second kappa shape index (κ2) is 7.06. The third-order valence-corrected chi connectivity index (χ3v) is 4.87. The van der Waals surface area contributed by atoms with Crippen LogP contribution < -0.4 is 10.9 Å². The van der Waals surface area contributed by atoms with Crippen LogP contribution in [0.15, 0.2) is 18.2 Å². The van der Waals surface area contributed by atoms with Crippen LogP contribution in [0.5, 0.6) is 0 Å². The summed E-state index contributed by atoms with van der Waals surface area (Å²) in [5.41, 5.74) is 6.74. The predicted octanol–water partition coefficient (Wildman–Crippen LogP) is 2.94. The number of halogens is 1. The van der Waals surface area contributed by atoms with Crippen molar-refractivity contribution in [1.82, 2.24) is 10.9 Å². The summed E-state index contributed by atoms with van der Waals surface area (Å²) in [6, 6.07) is 5.48. The van der Waals surface area contributed by atoms with E-state index in [9.17, 15) is 9.59 Å². The van der Waals surface area contributed by atoms with Crippen molar-refractivity contribution in [3.05, 3.63) is 32.9 Å². The first-order valence-electron chi connectivity index (χ1n) is 6.94. The van der Waals surface area contributed by atoms with E-state index in [1.54, 1.807) is 6.07 Å². The summed E-state index contributed by atoms with van der Waals surface area (Å²) in [4.78, 5) is 23.9. The van der Waals surface area contributed by atoms with E-state index in [0.29, 0.717) is 5.56 Å². The van der Waals surface area contributed by atoms with E-state index in [4.69, 9.17) is 0 Å². The van der Waals surface area contributed by atoms with Crippen LogP contribution in [-0.4, -0.2) is 11.8 Å². The van der Waals surface area contributed by atoms with Crippen LogP contribution in [0, 0.1) is 16.4 Å². The molecule has 20 heavy (non-hydrogen) atoms. The average molecular weight is 386 g/mol. The van der Waals surface area contributed by atoms with Crippen LogP contribution in [0.2, 0.25) is 0 Å². The van der Waals surface area contributed by atoms with Crippen LogP contribution in [0.4, 0.5) is 0 Å². The van der Waals surface area contributed by atoms with Gasteiger partial charge in [-0.05, 0) is 60.1 Å². The zero-order chi connectivity index (χ0) is 14.5. The monoisotopic (exact) mass is 386 g/mol. The van der Waals surface area contributed by atoms with Crippen molar-refractivity contribution in [3.63, 3.8) is 0 Å². The average Bonchev–Trinajstić information content (AvgIpc) is 2.48. The van der Waals surface area contributed by atoms with E-state index in [-0.39, 0.29) is 17.7 Å². The van der Waals surface area contributed by atoms with E-state index < -0.39 is 0 Å². The lowest BCUT2D eigenvalue weighted by atomic mass is 9.89. The Bertz CT molecular complexity index is 511. The molecule has 2 rings (SSSR count). The zero-order valence-electron chi connectivity index (χ0n) is 11.5. The molecular weight excluding hydrogens is 367 g/mol. The molecule has 0 aliphatic heterocycles. The highest BCUT2D eigenvalue weighted by atomic mass is 127. The van der Waals surface area contributed by atoms with E-state index in [0.717, 1.165) is 34.8 Å². The van der Waals surface area contributed by atoms with Gasteiger partial charge in [0, 0.05) is 15.1 Å². The molecule has 1 fully saturated rings. The fraction of sp³-hybridized carbons (Fsp3) is 0.467. The number of carbonyl (C=O) groups excluding carboxylic acids is 2. The second-order valence-corrected chi connectivity index (χ2v) is 6.40. The Labute approximate surface area is 132 Å². The quantitative estimate of drug-likeness (QED) is 0.607. The van der Waals surface area contributed by atoms with Crippen molar-refractivity contribution in [1.29, 1.82) is 0 Å². The summed E-state index contributed by atoms with van der Waals surface area (Å²) in [5.74, 6) is -0.297. The third kappa shape index (κ3) is 3.94. The molecule has 1 saturated carbocycles. The molecule has 1 aromatic rings. The van der Waals surface area contributed by atoms with E-state index in [2.05, 4.69) is 33.4 Å². The summed E-state index contributed by atoms with van der Waals surface area (Å²) in [6.45, 7) is 1.99. The normalized spacial score (nSPS) is 15.7. The number of hydrazine groups is 1. The molecule has 0 atom stereocenters. The molecule has 108 valence electrons.